The van der Waals surface area contributed by atoms with E-state index in [4.69, 9.17) is 10.3 Å². The fourth-order valence-corrected chi connectivity index (χ4v) is 0.874. The van der Waals surface area contributed by atoms with Gasteiger partial charge in [-0.3, -0.25) is 14.7 Å². The third kappa shape index (κ3) is 3.92. The average Bonchev–Trinajstić information content (AvgIpc) is 2.10. The van der Waals surface area contributed by atoms with Crippen LogP contribution in [-0.4, -0.2) is 17.9 Å². The normalized spacial score (nSPS) is 14.4. The lowest BCUT2D eigenvalue weighted by Gasteiger charge is -1.97. The zero-order chi connectivity index (χ0) is 12.2. The van der Waals surface area contributed by atoms with Crippen LogP contribution in [0.2, 0.25) is 0 Å². The van der Waals surface area contributed by atoms with Gasteiger partial charge in [0.25, 0.3) is 15.8 Å². The van der Waals surface area contributed by atoms with Gasteiger partial charge in [-0.2, -0.15) is 8.42 Å². The Morgan fingerprint density at radius 2 is 2.07 bits per heavy atom. The van der Waals surface area contributed by atoms with E-state index in [0.29, 0.717) is 6.08 Å². The Labute approximate surface area is 86.5 Å². The number of allylic oxidation sites excluding steroid dienone is 3. The smallest absolute Gasteiger partial charge is 0.293 e. The van der Waals surface area contributed by atoms with Gasteiger partial charge in [0.15, 0.2) is 0 Å². The molecular formula is C7H10N2O5S. The lowest BCUT2D eigenvalue weighted by molar-refractivity contribution is -0.420. The molecule has 0 radical (unpaired) electrons. The van der Waals surface area contributed by atoms with Crippen molar-refractivity contribution in [3.05, 3.63) is 45.1 Å². The molecule has 15 heavy (non-hydrogen) atoms. The van der Waals surface area contributed by atoms with E-state index < -0.39 is 25.6 Å². The number of nitrogens with zero attached hydrogens (tertiary/aromatic N) is 1. The summed E-state index contributed by atoms with van der Waals surface area (Å²) in [7, 11) is -4.44. The highest BCUT2D eigenvalue weighted by atomic mass is 32.2. The molecule has 0 heterocycles. The van der Waals surface area contributed by atoms with Crippen LogP contribution < -0.4 is 5.73 Å². The van der Waals surface area contributed by atoms with Crippen molar-refractivity contribution in [2.75, 3.05) is 0 Å². The first-order valence-corrected chi connectivity index (χ1v) is 5.06. The largest absolute Gasteiger partial charge is 0.393 e. The molecule has 0 aromatic rings. The molecule has 84 valence electrons. The van der Waals surface area contributed by atoms with Gasteiger partial charge in [-0.05, 0) is 13.0 Å². The lowest BCUT2D eigenvalue weighted by atomic mass is 10.3. The third-order valence-corrected chi connectivity index (χ3v) is 2.39. The van der Waals surface area contributed by atoms with E-state index in [9.17, 15) is 18.5 Å². The van der Waals surface area contributed by atoms with Gasteiger partial charge in [-0.1, -0.05) is 6.58 Å². The molecule has 0 rings (SSSR count). The first kappa shape index (κ1) is 13.3. The molecule has 0 aliphatic heterocycles. The molecule has 0 unspecified atom stereocenters. The summed E-state index contributed by atoms with van der Waals surface area (Å²) in [6.07, 6.45) is 1.66. The van der Waals surface area contributed by atoms with E-state index in [1.165, 1.54) is 0 Å². The highest BCUT2D eigenvalue weighted by Gasteiger charge is 2.16. The zero-order valence-corrected chi connectivity index (χ0v) is 8.69. The molecule has 0 aliphatic carbocycles. The minimum Gasteiger partial charge on any atom is -0.393 e. The SMILES string of the molecule is C=C/C(N)=C(\C=C(/C)S(=O)(=O)O)[N+](=O)[O-]. The van der Waals surface area contributed by atoms with Gasteiger partial charge in [0.2, 0.25) is 0 Å². The van der Waals surface area contributed by atoms with Crippen molar-refractivity contribution in [3.63, 3.8) is 0 Å². The summed E-state index contributed by atoms with van der Waals surface area (Å²) >= 11 is 0. The molecule has 0 aliphatic rings. The molecule has 0 spiro atoms. The van der Waals surface area contributed by atoms with Gasteiger partial charge >= 0.3 is 0 Å². The van der Waals surface area contributed by atoms with Crippen molar-refractivity contribution < 1.29 is 17.9 Å². The summed E-state index contributed by atoms with van der Waals surface area (Å²) in [5.41, 5.74) is 4.28. The van der Waals surface area contributed by atoms with Crippen LogP contribution in [0.4, 0.5) is 0 Å². The van der Waals surface area contributed by atoms with Gasteiger partial charge in [0, 0.05) is 6.08 Å². The molecule has 0 aromatic heterocycles. The summed E-state index contributed by atoms with van der Waals surface area (Å²) in [5, 5.41) is 10.5. The molecule has 0 atom stereocenters. The third-order valence-electron chi connectivity index (χ3n) is 1.46. The second-order valence-corrected chi connectivity index (χ2v) is 4.13. The van der Waals surface area contributed by atoms with Crippen molar-refractivity contribution in [2.24, 2.45) is 5.73 Å². The van der Waals surface area contributed by atoms with Crippen LogP contribution >= 0.6 is 0 Å². The Hall–Kier alpha value is -1.67. The maximum atomic E-state index is 10.6. The molecular weight excluding hydrogens is 224 g/mol. The Balaban J connectivity index is 5.57. The molecule has 0 fully saturated rings. The van der Waals surface area contributed by atoms with Crippen LogP contribution in [0.5, 0.6) is 0 Å². The maximum absolute atomic E-state index is 10.6. The van der Waals surface area contributed by atoms with E-state index in [1.54, 1.807) is 0 Å². The van der Waals surface area contributed by atoms with Crippen molar-refractivity contribution in [1.82, 2.24) is 0 Å². The Morgan fingerprint density at radius 1 is 1.60 bits per heavy atom. The highest BCUT2D eigenvalue weighted by molar-refractivity contribution is 7.89. The standard InChI is InChI=1S/C7H10N2O5S/c1-3-6(8)7(9(10)11)4-5(2)15(12,13)14/h3-4H,1,8H2,2H3,(H,12,13,14)/b5-4+,7-6-. The van der Waals surface area contributed by atoms with Gasteiger partial charge in [0.05, 0.1) is 9.83 Å². The van der Waals surface area contributed by atoms with Gasteiger partial charge in [-0.25, -0.2) is 0 Å². The molecule has 0 bridgehead atoms. The minimum absolute atomic E-state index is 0.289. The molecule has 0 saturated carbocycles. The highest BCUT2D eigenvalue weighted by Crippen LogP contribution is 2.10. The summed E-state index contributed by atoms with van der Waals surface area (Å²) in [6, 6.07) is 0. The fourth-order valence-electron chi connectivity index (χ4n) is 0.613. The molecule has 0 aromatic carbocycles. The number of nitro groups is 1. The minimum atomic E-state index is -4.44. The van der Waals surface area contributed by atoms with Crippen molar-refractivity contribution in [1.29, 1.82) is 0 Å². The summed E-state index contributed by atoms with van der Waals surface area (Å²) in [6.45, 7) is 4.21. The topological polar surface area (TPSA) is 124 Å². The Morgan fingerprint density at radius 3 is 2.33 bits per heavy atom. The predicted molar refractivity (Wildman–Crippen MR) is 53.7 cm³/mol. The van der Waals surface area contributed by atoms with Crippen LogP contribution in [0, 0.1) is 10.1 Å². The summed E-state index contributed by atoms with van der Waals surface area (Å²) in [4.78, 5) is 9.02. The predicted octanol–water partition coefficient (Wildman–Crippen LogP) is 0.411. The second kappa shape index (κ2) is 4.71. The lowest BCUT2D eigenvalue weighted by Crippen LogP contribution is -2.08. The van der Waals surface area contributed by atoms with Crippen LogP contribution in [0.3, 0.4) is 0 Å². The second-order valence-electron chi connectivity index (χ2n) is 2.53. The zero-order valence-electron chi connectivity index (χ0n) is 7.87. The van der Waals surface area contributed by atoms with Crippen LogP contribution in [0.15, 0.2) is 35.0 Å². The number of hydrogen-bond acceptors (Lipinski definition) is 5. The van der Waals surface area contributed by atoms with Crippen LogP contribution in [-0.2, 0) is 10.1 Å². The average molecular weight is 234 g/mol. The Bertz CT molecular complexity index is 446. The molecule has 7 nitrogen and oxygen atoms in total. The molecule has 8 heteroatoms. The van der Waals surface area contributed by atoms with E-state index >= 15 is 0 Å². The van der Waals surface area contributed by atoms with Crippen molar-refractivity contribution in [2.45, 2.75) is 6.92 Å². The van der Waals surface area contributed by atoms with E-state index in [0.717, 1.165) is 13.0 Å². The first-order chi connectivity index (χ1) is 6.70. The van der Waals surface area contributed by atoms with E-state index in [-0.39, 0.29) is 5.70 Å². The summed E-state index contributed by atoms with van der Waals surface area (Å²) < 4.78 is 29.7. The van der Waals surface area contributed by atoms with Gasteiger partial charge < -0.3 is 5.73 Å². The number of nitrogens with two attached hydrogens (primary N) is 1. The van der Waals surface area contributed by atoms with Gasteiger partial charge in [-0.15, -0.1) is 0 Å². The van der Waals surface area contributed by atoms with Crippen LogP contribution in [0.1, 0.15) is 6.92 Å². The number of hydrogen-bond donors (Lipinski definition) is 2. The Kier molecular flexibility index (Phi) is 4.19. The monoisotopic (exact) mass is 234 g/mol. The number of rotatable bonds is 4. The maximum Gasteiger partial charge on any atom is 0.293 e. The van der Waals surface area contributed by atoms with Gasteiger partial charge in [0.1, 0.15) is 5.70 Å². The first-order valence-electron chi connectivity index (χ1n) is 3.62. The van der Waals surface area contributed by atoms with Crippen molar-refractivity contribution in [3.8, 4) is 0 Å². The fraction of sp³-hybridized carbons (Fsp3) is 0.143. The van der Waals surface area contributed by atoms with E-state index in [2.05, 4.69) is 6.58 Å². The molecule has 3 N–H and O–H groups in total. The molecule has 0 amide bonds. The summed E-state index contributed by atoms with van der Waals surface area (Å²) in [5.74, 6) is 0. The van der Waals surface area contributed by atoms with E-state index in [1.807, 2.05) is 0 Å². The van der Waals surface area contributed by atoms with Crippen LogP contribution in [0.25, 0.3) is 0 Å². The molecule has 0 saturated heterocycles. The van der Waals surface area contributed by atoms with Crippen molar-refractivity contribution >= 4 is 10.1 Å². The quantitative estimate of drug-likeness (QED) is 0.314.